The summed E-state index contributed by atoms with van der Waals surface area (Å²) in [7, 11) is 0. The average Bonchev–Trinajstić information content (AvgIpc) is 2.03. The van der Waals surface area contributed by atoms with Gasteiger partial charge in [0.25, 0.3) is 0 Å². The SMILES string of the molecule is N#CC#Cc1cncnc1Cl. The molecule has 52 valence electrons. The lowest BCUT2D eigenvalue weighted by atomic mass is 10.3. The predicted octanol–water partition coefficient (Wildman–Crippen LogP) is 1.01. The number of hydrogen-bond donors (Lipinski definition) is 0. The Morgan fingerprint density at radius 2 is 2.36 bits per heavy atom. The number of nitrogens with zero attached hydrogens (tertiary/aromatic N) is 3. The van der Waals surface area contributed by atoms with E-state index in [1.807, 2.05) is 0 Å². The van der Waals surface area contributed by atoms with E-state index in [1.165, 1.54) is 12.5 Å². The van der Waals surface area contributed by atoms with Gasteiger partial charge >= 0.3 is 0 Å². The van der Waals surface area contributed by atoms with Crippen LogP contribution in [0.3, 0.4) is 0 Å². The van der Waals surface area contributed by atoms with Gasteiger partial charge in [0, 0.05) is 12.1 Å². The lowest BCUT2D eigenvalue weighted by molar-refractivity contribution is 1.16. The van der Waals surface area contributed by atoms with Crippen molar-refractivity contribution in [2.45, 2.75) is 0 Å². The fourth-order valence-corrected chi connectivity index (χ4v) is 0.634. The second kappa shape index (κ2) is 3.55. The molecule has 11 heavy (non-hydrogen) atoms. The van der Waals surface area contributed by atoms with Gasteiger partial charge < -0.3 is 0 Å². The smallest absolute Gasteiger partial charge is 0.152 e. The van der Waals surface area contributed by atoms with Crippen molar-refractivity contribution in [3.05, 3.63) is 23.2 Å². The summed E-state index contributed by atoms with van der Waals surface area (Å²) in [6, 6.07) is 1.67. The second-order valence-electron chi connectivity index (χ2n) is 1.59. The largest absolute Gasteiger partial charge is 0.243 e. The molecule has 0 aromatic carbocycles. The number of rotatable bonds is 0. The molecule has 0 saturated heterocycles. The minimum absolute atomic E-state index is 0.266. The van der Waals surface area contributed by atoms with Crippen LogP contribution in [0, 0.1) is 23.2 Å². The van der Waals surface area contributed by atoms with Crippen LogP contribution in [0.4, 0.5) is 0 Å². The Kier molecular flexibility index (Phi) is 2.43. The molecule has 0 radical (unpaired) electrons. The van der Waals surface area contributed by atoms with Gasteiger partial charge in [-0.05, 0) is 5.92 Å². The van der Waals surface area contributed by atoms with Crippen LogP contribution in [0.1, 0.15) is 5.56 Å². The first-order valence-corrected chi connectivity index (χ1v) is 3.08. The second-order valence-corrected chi connectivity index (χ2v) is 1.95. The van der Waals surface area contributed by atoms with Gasteiger partial charge in [-0.2, -0.15) is 5.26 Å². The molecule has 0 aliphatic heterocycles. The zero-order chi connectivity index (χ0) is 8.10. The average molecular weight is 164 g/mol. The van der Waals surface area contributed by atoms with E-state index >= 15 is 0 Å². The molecule has 0 saturated carbocycles. The van der Waals surface area contributed by atoms with Gasteiger partial charge in [-0.3, -0.25) is 0 Å². The van der Waals surface area contributed by atoms with E-state index in [-0.39, 0.29) is 5.15 Å². The quantitative estimate of drug-likeness (QED) is 0.424. The van der Waals surface area contributed by atoms with Gasteiger partial charge in [0.15, 0.2) is 6.07 Å². The summed E-state index contributed by atoms with van der Waals surface area (Å²) in [6.45, 7) is 0. The standard InChI is InChI=1S/C7H2ClN3/c8-7-6(2-1-3-9)4-10-5-11-7/h4-5H. The summed E-state index contributed by atoms with van der Waals surface area (Å²) in [5, 5.41) is 8.38. The van der Waals surface area contributed by atoms with E-state index in [4.69, 9.17) is 16.9 Å². The Bertz CT molecular complexity index is 356. The van der Waals surface area contributed by atoms with Crippen molar-refractivity contribution in [1.29, 1.82) is 5.26 Å². The van der Waals surface area contributed by atoms with Crippen LogP contribution >= 0.6 is 11.6 Å². The van der Waals surface area contributed by atoms with Crippen molar-refractivity contribution in [2.75, 3.05) is 0 Å². The van der Waals surface area contributed by atoms with Crippen LogP contribution < -0.4 is 0 Å². The van der Waals surface area contributed by atoms with Crippen LogP contribution in [0.15, 0.2) is 12.5 Å². The Balaban J connectivity index is 3.07. The Morgan fingerprint density at radius 3 is 3.00 bits per heavy atom. The van der Waals surface area contributed by atoms with E-state index in [0.717, 1.165) is 0 Å². The molecule has 0 aliphatic carbocycles. The lowest BCUT2D eigenvalue weighted by Crippen LogP contribution is -1.83. The van der Waals surface area contributed by atoms with Crippen LogP contribution in [0.25, 0.3) is 0 Å². The lowest BCUT2D eigenvalue weighted by Gasteiger charge is -1.88. The highest BCUT2D eigenvalue weighted by Crippen LogP contribution is 2.07. The zero-order valence-corrected chi connectivity index (χ0v) is 6.13. The Morgan fingerprint density at radius 1 is 1.55 bits per heavy atom. The fourth-order valence-electron chi connectivity index (χ4n) is 0.494. The van der Waals surface area contributed by atoms with E-state index in [1.54, 1.807) is 6.07 Å². The van der Waals surface area contributed by atoms with Crippen LogP contribution in [0.5, 0.6) is 0 Å². The summed E-state index contributed by atoms with van der Waals surface area (Å²) in [5.41, 5.74) is 0.468. The molecule has 0 N–H and O–H groups in total. The minimum Gasteiger partial charge on any atom is -0.243 e. The number of aromatic nitrogens is 2. The van der Waals surface area contributed by atoms with Crippen LogP contribution in [-0.2, 0) is 0 Å². The predicted molar refractivity (Wildman–Crippen MR) is 39.5 cm³/mol. The van der Waals surface area contributed by atoms with Crippen molar-refractivity contribution in [1.82, 2.24) is 9.97 Å². The maximum Gasteiger partial charge on any atom is 0.152 e. The van der Waals surface area contributed by atoms with Crippen molar-refractivity contribution >= 4 is 11.6 Å². The van der Waals surface area contributed by atoms with Crippen molar-refractivity contribution in [3.63, 3.8) is 0 Å². The first-order valence-electron chi connectivity index (χ1n) is 2.70. The molecule has 1 heterocycles. The highest BCUT2D eigenvalue weighted by atomic mass is 35.5. The van der Waals surface area contributed by atoms with Gasteiger partial charge in [0.1, 0.15) is 11.5 Å². The number of hydrogen-bond acceptors (Lipinski definition) is 3. The van der Waals surface area contributed by atoms with Gasteiger partial charge in [-0.1, -0.05) is 11.6 Å². The molecule has 0 fully saturated rings. The zero-order valence-electron chi connectivity index (χ0n) is 5.37. The van der Waals surface area contributed by atoms with Crippen molar-refractivity contribution < 1.29 is 0 Å². The molecule has 0 aliphatic rings. The maximum atomic E-state index is 8.11. The molecule has 4 heteroatoms. The normalized spacial score (nSPS) is 7.64. The molecule has 1 rings (SSSR count). The van der Waals surface area contributed by atoms with Crippen molar-refractivity contribution in [2.24, 2.45) is 0 Å². The third-order valence-corrected chi connectivity index (χ3v) is 1.22. The topological polar surface area (TPSA) is 49.6 Å². The molecule has 0 atom stereocenters. The van der Waals surface area contributed by atoms with Gasteiger partial charge in [-0.15, -0.1) is 0 Å². The Labute approximate surface area is 68.7 Å². The number of nitriles is 1. The Hall–Kier alpha value is -1.58. The van der Waals surface area contributed by atoms with Gasteiger partial charge in [0.05, 0.1) is 5.56 Å². The van der Waals surface area contributed by atoms with Crippen molar-refractivity contribution in [3.8, 4) is 17.9 Å². The molecule has 0 spiro atoms. The molecule has 1 aromatic rings. The molecule has 1 aromatic heterocycles. The van der Waals surface area contributed by atoms with Crippen LogP contribution in [0.2, 0.25) is 5.15 Å². The molecule has 3 nitrogen and oxygen atoms in total. The van der Waals surface area contributed by atoms with E-state index in [0.29, 0.717) is 5.56 Å². The van der Waals surface area contributed by atoms with Gasteiger partial charge in [0.2, 0.25) is 0 Å². The summed E-state index contributed by atoms with van der Waals surface area (Å²) >= 11 is 5.60. The van der Waals surface area contributed by atoms with E-state index in [9.17, 15) is 0 Å². The molecular weight excluding hydrogens is 162 g/mol. The highest BCUT2D eigenvalue weighted by Gasteiger charge is 1.94. The van der Waals surface area contributed by atoms with Crippen LogP contribution in [-0.4, -0.2) is 9.97 Å². The maximum absolute atomic E-state index is 8.11. The highest BCUT2D eigenvalue weighted by molar-refractivity contribution is 6.30. The van der Waals surface area contributed by atoms with E-state index in [2.05, 4.69) is 21.8 Å². The van der Waals surface area contributed by atoms with E-state index < -0.39 is 0 Å². The first kappa shape index (κ1) is 7.53. The summed E-state index contributed by atoms with van der Waals surface area (Å²) in [4.78, 5) is 7.37. The molecule has 0 amide bonds. The third kappa shape index (κ3) is 1.93. The third-order valence-electron chi connectivity index (χ3n) is 0.917. The minimum atomic E-state index is 0.266. The first-order chi connectivity index (χ1) is 5.34. The summed E-state index contributed by atoms with van der Waals surface area (Å²) in [5.74, 6) is 4.69. The molecular formula is C7H2ClN3. The monoisotopic (exact) mass is 163 g/mol. The fraction of sp³-hybridized carbons (Fsp3) is 0. The van der Waals surface area contributed by atoms with Gasteiger partial charge in [-0.25, -0.2) is 9.97 Å². The molecule has 0 unspecified atom stereocenters. The summed E-state index contributed by atoms with van der Waals surface area (Å²) in [6.07, 6.45) is 2.78. The number of halogens is 1. The summed E-state index contributed by atoms with van der Waals surface area (Å²) < 4.78 is 0. The molecule has 0 bridgehead atoms.